The van der Waals surface area contributed by atoms with Crippen molar-refractivity contribution >= 4 is 26.7 Å². The van der Waals surface area contributed by atoms with E-state index in [0.717, 1.165) is 56.5 Å². The highest BCUT2D eigenvalue weighted by Gasteiger charge is 2.10. The van der Waals surface area contributed by atoms with Crippen molar-refractivity contribution in [2.24, 2.45) is 0 Å². The summed E-state index contributed by atoms with van der Waals surface area (Å²) in [6.07, 6.45) is 1.15. The SMILES string of the molecule is Cc1ccc(C)c2sc(NCCCN3CCOCC3)nc12. The number of ether oxygens (including phenoxy) is 1. The summed E-state index contributed by atoms with van der Waals surface area (Å²) >= 11 is 1.77. The molecule has 114 valence electrons. The average Bonchev–Trinajstić information content (AvgIpc) is 2.94. The first kappa shape index (κ1) is 14.8. The Morgan fingerprint density at radius 1 is 1.24 bits per heavy atom. The highest BCUT2D eigenvalue weighted by Crippen LogP contribution is 2.30. The van der Waals surface area contributed by atoms with Crippen molar-refractivity contribution in [1.82, 2.24) is 9.88 Å². The summed E-state index contributed by atoms with van der Waals surface area (Å²) < 4.78 is 6.68. The van der Waals surface area contributed by atoms with Gasteiger partial charge in [-0.3, -0.25) is 4.90 Å². The molecule has 1 aromatic heterocycles. The van der Waals surface area contributed by atoms with Crippen LogP contribution in [0, 0.1) is 13.8 Å². The van der Waals surface area contributed by atoms with E-state index in [0.29, 0.717) is 0 Å². The van der Waals surface area contributed by atoms with Gasteiger partial charge >= 0.3 is 0 Å². The Kier molecular flexibility index (Phi) is 4.73. The minimum atomic E-state index is 0.879. The summed E-state index contributed by atoms with van der Waals surface area (Å²) in [5.74, 6) is 0. The van der Waals surface area contributed by atoms with Crippen molar-refractivity contribution in [3.63, 3.8) is 0 Å². The molecule has 1 N–H and O–H groups in total. The van der Waals surface area contributed by atoms with Crippen LogP contribution in [0.2, 0.25) is 0 Å². The molecule has 1 saturated heterocycles. The highest BCUT2D eigenvalue weighted by molar-refractivity contribution is 7.22. The number of thiazole rings is 1. The molecule has 0 aliphatic carbocycles. The fourth-order valence-corrected chi connectivity index (χ4v) is 3.69. The summed E-state index contributed by atoms with van der Waals surface area (Å²) in [5.41, 5.74) is 3.72. The summed E-state index contributed by atoms with van der Waals surface area (Å²) in [4.78, 5) is 7.20. The number of hydrogen-bond donors (Lipinski definition) is 1. The van der Waals surface area contributed by atoms with Gasteiger partial charge in [0.2, 0.25) is 0 Å². The van der Waals surface area contributed by atoms with E-state index in [1.54, 1.807) is 11.3 Å². The van der Waals surface area contributed by atoms with Crippen molar-refractivity contribution in [2.45, 2.75) is 20.3 Å². The lowest BCUT2D eigenvalue weighted by atomic mass is 10.1. The van der Waals surface area contributed by atoms with Crippen LogP contribution in [0.1, 0.15) is 17.5 Å². The van der Waals surface area contributed by atoms with Crippen LogP contribution >= 0.6 is 11.3 Å². The Bertz CT molecular complexity index is 566. The lowest BCUT2D eigenvalue weighted by Gasteiger charge is -2.26. The maximum absolute atomic E-state index is 5.37. The van der Waals surface area contributed by atoms with E-state index in [4.69, 9.17) is 9.72 Å². The zero-order valence-electron chi connectivity index (χ0n) is 12.8. The van der Waals surface area contributed by atoms with Gasteiger partial charge in [-0.05, 0) is 37.9 Å². The second kappa shape index (κ2) is 6.73. The van der Waals surface area contributed by atoms with E-state index in [1.165, 1.54) is 15.8 Å². The predicted octanol–water partition coefficient (Wildman–Crippen LogP) is 3.05. The third kappa shape index (κ3) is 3.54. The van der Waals surface area contributed by atoms with Crippen LogP contribution < -0.4 is 5.32 Å². The van der Waals surface area contributed by atoms with Gasteiger partial charge in [-0.25, -0.2) is 4.98 Å². The molecule has 0 unspecified atom stereocenters. The van der Waals surface area contributed by atoms with Crippen molar-refractivity contribution in [2.75, 3.05) is 44.7 Å². The molecule has 1 aliphatic rings. The van der Waals surface area contributed by atoms with Gasteiger partial charge in [-0.15, -0.1) is 0 Å². The third-order valence-corrected chi connectivity index (χ3v) is 5.12. The zero-order chi connectivity index (χ0) is 14.7. The van der Waals surface area contributed by atoms with Gasteiger partial charge in [0.25, 0.3) is 0 Å². The molecule has 0 saturated carbocycles. The first-order valence-electron chi connectivity index (χ1n) is 7.65. The molecule has 0 bridgehead atoms. The van der Waals surface area contributed by atoms with E-state index in [2.05, 4.69) is 36.2 Å². The van der Waals surface area contributed by atoms with Crippen LogP contribution in [0.3, 0.4) is 0 Å². The first-order valence-corrected chi connectivity index (χ1v) is 8.46. The van der Waals surface area contributed by atoms with Crippen LogP contribution in [0.5, 0.6) is 0 Å². The van der Waals surface area contributed by atoms with E-state index in [-0.39, 0.29) is 0 Å². The van der Waals surface area contributed by atoms with Gasteiger partial charge < -0.3 is 10.1 Å². The minimum absolute atomic E-state index is 0.879. The maximum Gasteiger partial charge on any atom is 0.183 e. The molecule has 0 amide bonds. The lowest BCUT2D eigenvalue weighted by molar-refractivity contribution is 0.0378. The molecule has 2 aromatic rings. The quantitative estimate of drug-likeness (QED) is 0.862. The summed E-state index contributed by atoms with van der Waals surface area (Å²) in [5, 5.41) is 4.52. The summed E-state index contributed by atoms with van der Waals surface area (Å²) in [6, 6.07) is 4.33. The molecule has 0 spiro atoms. The van der Waals surface area contributed by atoms with Crippen molar-refractivity contribution in [1.29, 1.82) is 0 Å². The van der Waals surface area contributed by atoms with Crippen molar-refractivity contribution in [3.8, 4) is 0 Å². The van der Waals surface area contributed by atoms with Crippen LogP contribution in [0.4, 0.5) is 5.13 Å². The number of benzene rings is 1. The highest BCUT2D eigenvalue weighted by atomic mass is 32.1. The number of nitrogens with one attached hydrogen (secondary N) is 1. The fourth-order valence-electron chi connectivity index (χ4n) is 2.66. The maximum atomic E-state index is 5.37. The number of aryl methyl sites for hydroxylation is 2. The smallest absolute Gasteiger partial charge is 0.183 e. The van der Waals surface area contributed by atoms with E-state index < -0.39 is 0 Å². The number of fused-ring (bicyclic) bond motifs is 1. The van der Waals surface area contributed by atoms with Gasteiger partial charge in [0, 0.05) is 19.6 Å². The molecular formula is C16H23N3OS. The average molecular weight is 305 g/mol. The molecule has 21 heavy (non-hydrogen) atoms. The van der Waals surface area contributed by atoms with Crippen LogP contribution in [0.25, 0.3) is 10.2 Å². The van der Waals surface area contributed by atoms with Gasteiger partial charge in [0.15, 0.2) is 5.13 Å². The number of aromatic nitrogens is 1. The topological polar surface area (TPSA) is 37.4 Å². The lowest BCUT2D eigenvalue weighted by Crippen LogP contribution is -2.37. The minimum Gasteiger partial charge on any atom is -0.379 e. The van der Waals surface area contributed by atoms with Crippen LogP contribution in [0.15, 0.2) is 12.1 Å². The monoisotopic (exact) mass is 305 g/mol. The molecule has 1 aromatic carbocycles. The van der Waals surface area contributed by atoms with Crippen LogP contribution in [-0.4, -0.2) is 49.3 Å². The van der Waals surface area contributed by atoms with Crippen molar-refractivity contribution in [3.05, 3.63) is 23.3 Å². The Morgan fingerprint density at radius 3 is 2.76 bits per heavy atom. The van der Waals surface area contributed by atoms with E-state index >= 15 is 0 Å². The molecule has 1 fully saturated rings. The Hall–Kier alpha value is -1.17. The molecule has 3 rings (SSSR count). The van der Waals surface area contributed by atoms with Gasteiger partial charge in [0.1, 0.15) is 0 Å². The first-order chi connectivity index (χ1) is 10.2. The van der Waals surface area contributed by atoms with E-state index in [1.807, 2.05) is 0 Å². The number of anilines is 1. The predicted molar refractivity (Wildman–Crippen MR) is 89.5 cm³/mol. The Labute approximate surface area is 130 Å². The van der Waals surface area contributed by atoms with Gasteiger partial charge in [-0.2, -0.15) is 0 Å². The Balaban J connectivity index is 1.53. The second-order valence-corrected chi connectivity index (χ2v) is 6.63. The molecule has 0 radical (unpaired) electrons. The number of nitrogens with zero attached hydrogens (tertiary/aromatic N) is 2. The summed E-state index contributed by atoms with van der Waals surface area (Å²) in [6.45, 7) is 10.3. The zero-order valence-corrected chi connectivity index (χ0v) is 13.6. The van der Waals surface area contributed by atoms with Gasteiger partial charge in [0.05, 0.1) is 23.4 Å². The van der Waals surface area contributed by atoms with E-state index in [9.17, 15) is 0 Å². The summed E-state index contributed by atoms with van der Waals surface area (Å²) in [7, 11) is 0. The Morgan fingerprint density at radius 2 is 2.00 bits per heavy atom. The molecule has 5 heteroatoms. The normalized spacial score (nSPS) is 16.5. The molecule has 4 nitrogen and oxygen atoms in total. The number of hydrogen-bond acceptors (Lipinski definition) is 5. The second-order valence-electron chi connectivity index (χ2n) is 5.63. The molecule has 1 aliphatic heterocycles. The van der Waals surface area contributed by atoms with Gasteiger partial charge in [-0.1, -0.05) is 23.5 Å². The molecular weight excluding hydrogens is 282 g/mol. The number of morpholine rings is 1. The number of rotatable bonds is 5. The molecule has 0 atom stereocenters. The molecule has 2 heterocycles. The standard InChI is InChI=1S/C16H23N3OS/c1-12-4-5-13(2)15-14(12)18-16(21-15)17-6-3-7-19-8-10-20-11-9-19/h4-5H,3,6-11H2,1-2H3,(H,17,18). The van der Waals surface area contributed by atoms with Crippen LogP contribution in [-0.2, 0) is 4.74 Å². The fraction of sp³-hybridized carbons (Fsp3) is 0.562. The largest absolute Gasteiger partial charge is 0.379 e. The third-order valence-electron chi connectivity index (χ3n) is 3.97. The van der Waals surface area contributed by atoms with Crippen molar-refractivity contribution < 1.29 is 4.74 Å².